The Bertz CT molecular complexity index is 1300. The lowest BCUT2D eigenvalue weighted by atomic mass is 10.2. The molecule has 12 heteroatoms. The summed E-state index contributed by atoms with van der Waals surface area (Å²) < 4.78 is 11.9. The number of carbonyl (C=O) groups excluding carboxylic acids is 3. The van der Waals surface area contributed by atoms with E-state index in [0.29, 0.717) is 20.7 Å². The molecule has 0 aliphatic rings. The van der Waals surface area contributed by atoms with E-state index in [1.807, 2.05) is 0 Å². The van der Waals surface area contributed by atoms with Crippen LogP contribution in [0.5, 0.6) is 0 Å². The van der Waals surface area contributed by atoms with Crippen molar-refractivity contribution in [2.45, 2.75) is 13.5 Å². The van der Waals surface area contributed by atoms with Crippen LogP contribution in [-0.2, 0) is 25.6 Å². The minimum Gasteiger partial charge on any atom is -0.465 e. The van der Waals surface area contributed by atoms with Crippen LogP contribution in [0.2, 0.25) is 0 Å². The molecule has 0 aliphatic heterocycles. The van der Waals surface area contributed by atoms with Gasteiger partial charge in [-0.1, -0.05) is 22.7 Å². The molecule has 0 N–H and O–H groups in total. The highest BCUT2D eigenvalue weighted by molar-refractivity contribution is 7.16. The molecule has 3 rings (SSSR count). The number of fused-ring (bicyclic) bond motifs is 1. The van der Waals surface area contributed by atoms with E-state index in [2.05, 4.69) is 4.99 Å². The summed E-state index contributed by atoms with van der Waals surface area (Å²) in [5.74, 6) is -1.63. The number of hydrogen-bond donors (Lipinski definition) is 0. The van der Waals surface area contributed by atoms with Crippen molar-refractivity contribution in [3.8, 4) is 0 Å². The Balaban J connectivity index is 1.99. The molecule has 0 aliphatic carbocycles. The van der Waals surface area contributed by atoms with Crippen molar-refractivity contribution in [3.63, 3.8) is 0 Å². The van der Waals surface area contributed by atoms with E-state index in [-0.39, 0.29) is 23.0 Å². The zero-order chi connectivity index (χ0) is 23.3. The predicted octanol–water partition coefficient (Wildman–Crippen LogP) is 3.16. The van der Waals surface area contributed by atoms with Gasteiger partial charge >= 0.3 is 16.9 Å². The number of ether oxygens (including phenoxy) is 2. The number of thiophene rings is 1. The molecule has 0 fully saturated rings. The van der Waals surface area contributed by atoms with Crippen molar-refractivity contribution < 1.29 is 28.8 Å². The zero-order valence-electron chi connectivity index (χ0n) is 17.0. The second-order valence-corrected chi connectivity index (χ2v) is 8.27. The Morgan fingerprint density at radius 2 is 2.00 bits per heavy atom. The van der Waals surface area contributed by atoms with Crippen LogP contribution in [0.15, 0.2) is 41.4 Å². The highest BCUT2D eigenvalue weighted by Crippen LogP contribution is 2.25. The minimum atomic E-state index is -0.613. The number of esters is 2. The number of rotatable bonds is 7. The highest BCUT2D eigenvalue weighted by Gasteiger charge is 2.14. The molecule has 0 saturated heterocycles. The topological polar surface area (TPSA) is 130 Å². The van der Waals surface area contributed by atoms with Crippen molar-refractivity contribution in [2.75, 3.05) is 13.7 Å². The number of thiazole rings is 1. The lowest BCUT2D eigenvalue weighted by Crippen LogP contribution is -2.22. The number of nitro groups is 1. The Kier molecular flexibility index (Phi) is 7.28. The van der Waals surface area contributed by atoms with Gasteiger partial charge in [-0.05, 0) is 37.3 Å². The number of carbonyl (C=O) groups is 3. The third-order valence-electron chi connectivity index (χ3n) is 4.08. The van der Waals surface area contributed by atoms with Gasteiger partial charge in [-0.3, -0.25) is 19.7 Å². The van der Waals surface area contributed by atoms with Crippen LogP contribution in [0.25, 0.3) is 16.3 Å². The molecule has 1 aromatic carbocycles. The fourth-order valence-corrected chi connectivity index (χ4v) is 4.51. The maximum atomic E-state index is 12.4. The Morgan fingerprint density at radius 3 is 2.66 bits per heavy atom. The van der Waals surface area contributed by atoms with Gasteiger partial charge in [0.05, 0.1) is 34.4 Å². The van der Waals surface area contributed by atoms with Crippen molar-refractivity contribution in [3.05, 3.63) is 61.8 Å². The first-order valence-corrected chi connectivity index (χ1v) is 10.8. The van der Waals surface area contributed by atoms with Crippen molar-refractivity contribution >= 4 is 61.8 Å². The second-order valence-electron chi connectivity index (χ2n) is 6.17. The monoisotopic (exact) mass is 475 g/mol. The molecule has 0 bridgehead atoms. The number of aromatic nitrogens is 1. The average Bonchev–Trinajstić information content (AvgIpc) is 3.37. The Morgan fingerprint density at radius 1 is 1.22 bits per heavy atom. The molecule has 0 radical (unpaired) electrons. The smallest absolute Gasteiger partial charge is 0.337 e. The molecule has 2 heterocycles. The number of methoxy groups -OCH3 is 1. The van der Waals surface area contributed by atoms with E-state index in [1.54, 1.807) is 25.1 Å². The maximum absolute atomic E-state index is 12.4. The van der Waals surface area contributed by atoms with Gasteiger partial charge in [0.2, 0.25) is 0 Å². The predicted molar refractivity (Wildman–Crippen MR) is 118 cm³/mol. The summed E-state index contributed by atoms with van der Waals surface area (Å²) in [7, 11) is 1.27. The summed E-state index contributed by atoms with van der Waals surface area (Å²) in [5, 5.41) is 10.7. The van der Waals surface area contributed by atoms with E-state index in [9.17, 15) is 24.5 Å². The first-order chi connectivity index (χ1) is 15.3. The van der Waals surface area contributed by atoms with Crippen molar-refractivity contribution in [1.29, 1.82) is 0 Å². The van der Waals surface area contributed by atoms with Gasteiger partial charge in [0, 0.05) is 17.0 Å². The molecule has 2 aromatic heterocycles. The maximum Gasteiger partial charge on any atom is 0.337 e. The summed E-state index contributed by atoms with van der Waals surface area (Å²) >= 11 is 2.05. The highest BCUT2D eigenvalue weighted by atomic mass is 32.1. The fraction of sp³-hybridized carbons (Fsp3) is 0.200. The third-order valence-corrected chi connectivity index (χ3v) is 6.13. The van der Waals surface area contributed by atoms with Crippen LogP contribution in [-0.4, -0.2) is 41.1 Å². The lowest BCUT2D eigenvalue weighted by Gasteiger charge is -2.05. The molecular weight excluding hydrogens is 458 g/mol. The number of amides is 1. The van der Waals surface area contributed by atoms with Crippen LogP contribution < -0.4 is 4.80 Å². The average molecular weight is 476 g/mol. The van der Waals surface area contributed by atoms with Crippen LogP contribution in [0.1, 0.15) is 22.2 Å². The van der Waals surface area contributed by atoms with Crippen LogP contribution in [0, 0.1) is 10.1 Å². The molecule has 0 spiro atoms. The molecule has 166 valence electrons. The summed E-state index contributed by atoms with van der Waals surface area (Å²) in [4.78, 5) is 51.4. The van der Waals surface area contributed by atoms with E-state index in [0.717, 1.165) is 22.7 Å². The van der Waals surface area contributed by atoms with E-state index < -0.39 is 22.8 Å². The molecule has 0 atom stereocenters. The van der Waals surface area contributed by atoms with Gasteiger partial charge in [0.1, 0.15) is 6.54 Å². The van der Waals surface area contributed by atoms with E-state index >= 15 is 0 Å². The Labute approximate surface area is 189 Å². The van der Waals surface area contributed by atoms with Crippen LogP contribution in [0.4, 0.5) is 5.00 Å². The number of nitrogens with zero attached hydrogens (tertiary/aromatic N) is 3. The van der Waals surface area contributed by atoms with Crippen LogP contribution in [0.3, 0.4) is 0 Å². The fourth-order valence-electron chi connectivity index (χ4n) is 2.71. The largest absolute Gasteiger partial charge is 0.465 e. The van der Waals surface area contributed by atoms with Gasteiger partial charge in [-0.2, -0.15) is 4.99 Å². The third kappa shape index (κ3) is 5.34. The summed E-state index contributed by atoms with van der Waals surface area (Å²) in [6.07, 6.45) is 2.62. The summed E-state index contributed by atoms with van der Waals surface area (Å²) in [6, 6.07) is 7.67. The molecular formula is C20H17N3O7S2. The first-order valence-electron chi connectivity index (χ1n) is 9.20. The molecule has 0 unspecified atom stereocenters. The molecule has 32 heavy (non-hydrogen) atoms. The van der Waals surface area contributed by atoms with E-state index in [4.69, 9.17) is 9.47 Å². The van der Waals surface area contributed by atoms with Gasteiger partial charge in [0.15, 0.2) is 4.80 Å². The number of benzene rings is 1. The van der Waals surface area contributed by atoms with E-state index in [1.165, 1.54) is 36.0 Å². The molecule has 10 nitrogen and oxygen atoms in total. The van der Waals surface area contributed by atoms with Crippen LogP contribution >= 0.6 is 22.7 Å². The van der Waals surface area contributed by atoms with Gasteiger partial charge in [-0.15, -0.1) is 0 Å². The van der Waals surface area contributed by atoms with Gasteiger partial charge in [0.25, 0.3) is 5.91 Å². The lowest BCUT2D eigenvalue weighted by molar-refractivity contribution is -0.380. The summed E-state index contributed by atoms with van der Waals surface area (Å²) in [6.45, 7) is 1.72. The normalized spacial score (nSPS) is 11.8. The summed E-state index contributed by atoms with van der Waals surface area (Å²) in [5.41, 5.74) is 0.918. The number of hydrogen-bond acceptors (Lipinski definition) is 9. The zero-order valence-corrected chi connectivity index (χ0v) is 18.6. The Hall–Kier alpha value is -3.64. The molecule has 0 saturated carbocycles. The molecule has 3 aromatic rings. The SMILES string of the molecule is CCOC(=O)Cn1c(=NC(=O)C=Cc2ccc([N+](=O)[O-])s2)sc2cc(C(=O)OC)ccc21. The quantitative estimate of drug-likeness (QED) is 0.222. The standard InChI is InChI=1S/C20H17N3O7S2/c1-3-30-18(25)11-22-14-7-4-12(19(26)29-2)10-15(14)32-20(22)21-16(24)8-5-13-6-9-17(31-13)23(27)28/h4-10H,3,11H2,1-2H3. The second kappa shape index (κ2) is 10.1. The minimum absolute atomic E-state index is 0.0350. The first kappa shape index (κ1) is 23.0. The van der Waals surface area contributed by atoms with Gasteiger partial charge < -0.3 is 14.0 Å². The van der Waals surface area contributed by atoms with Gasteiger partial charge in [-0.25, -0.2) is 4.79 Å². The van der Waals surface area contributed by atoms with Crippen molar-refractivity contribution in [1.82, 2.24) is 4.57 Å². The van der Waals surface area contributed by atoms with Crippen molar-refractivity contribution in [2.24, 2.45) is 4.99 Å². The molecule has 1 amide bonds.